The van der Waals surface area contributed by atoms with Crippen molar-refractivity contribution in [2.24, 2.45) is 11.8 Å². The van der Waals surface area contributed by atoms with Gasteiger partial charge in [-0.2, -0.15) is 0 Å². The molecule has 8 heteroatoms. The maximum absolute atomic E-state index is 13.7. The number of hydrogen-bond donors (Lipinski definition) is 1. The zero-order valence-corrected chi connectivity index (χ0v) is 18.2. The predicted molar refractivity (Wildman–Crippen MR) is 115 cm³/mol. The SMILES string of the molecule is C=CCNC(=O)C1C(C)C(C(=O)OCC)C(c2ccccc2)N1C(=O)N1CCOCC1. The van der Waals surface area contributed by atoms with Crippen molar-refractivity contribution in [3.8, 4) is 0 Å². The maximum Gasteiger partial charge on any atom is 0.321 e. The number of rotatable bonds is 6. The third-order valence-electron chi connectivity index (χ3n) is 5.90. The zero-order valence-electron chi connectivity index (χ0n) is 18.2. The van der Waals surface area contributed by atoms with Crippen molar-refractivity contribution in [2.75, 3.05) is 39.5 Å². The largest absolute Gasteiger partial charge is 0.466 e. The van der Waals surface area contributed by atoms with Gasteiger partial charge in [0.1, 0.15) is 6.04 Å². The molecule has 4 atom stereocenters. The molecule has 2 fully saturated rings. The molecule has 168 valence electrons. The Balaban J connectivity index is 2.07. The van der Waals surface area contributed by atoms with Gasteiger partial charge in [0.2, 0.25) is 5.91 Å². The van der Waals surface area contributed by atoms with E-state index in [-0.39, 0.29) is 25.1 Å². The van der Waals surface area contributed by atoms with Crippen LogP contribution in [0.2, 0.25) is 0 Å². The van der Waals surface area contributed by atoms with Crippen LogP contribution in [-0.2, 0) is 19.1 Å². The highest BCUT2D eigenvalue weighted by Crippen LogP contribution is 2.46. The summed E-state index contributed by atoms with van der Waals surface area (Å²) in [4.78, 5) is 43.1. The average molecular weight is 430 g/mol. The van der Waals surface area contributed by atoms with Crippen molar-refractivity contribution in [2.45, 2.75) is 25.9 Å². The first-order chi connectivity index (χ1) is 15.0. The number of nitrogens with one attached hydrogen (secondary N) is 1. The quantitative estimate of drug-likeness (QED) is 0.552. The minimum atomic E-state index is -0.810. The monoisotopic (exact) mass is 429 g/mol. The Morgan fingerprint density at radius 2 is 1.90 bits per heavy atom. The van der Waals surface area contributed by atoms with E-state index in [1.807, 2.05) is 37.3 Å². The van der Waals surface area contributed by atoms with Crippen LogP contribution in [0.15, 0.2) is 43.0 Å². The summed E-state index contributed by atoms with van der Waals surface area (Å²) in [5.74, 6) is -1.80. The summed E-state index contributed by atoms with van der Waals surface area (Å²) < 4.78 is 10.8. The molecule has 8 nitrogen and oxygen atoms in total. The smallest absolute Gasteiger partial charge is 0.321 e. The summed E-state index contributed by atoms with van der Waals surface area (Å²) in [6.07, 6.45) is 1.59. The van der Waals surface area contributed by atoms with Crippen molar-refractivity contribution in [1.82, 2.24) is 15.1 Å². The minimum absolute atomic E-state index is 0.230. The average Bonchev–Trinajstić information content (AvgIpc) is 3.11. The molecule has 0 radical (unpaired) electrons. The van der Waals surface area contributed by atoms with Gasteiger partial charge in [-0.15, -0.1) is 6.58 Å². The number of likely N-dealkylation sites (tertiary alicyclic amines) is 1. The summed E-state index contributed by atoms with van der Waals surface area (Å²) in [7, 11) is 0. The van der Waals surface area contributed by atoms with Crippen molar-refractivity contribution in [3.05, 3.63) is 48.6 Å². The van der Waals surface area contributed by atoms with E-state index in [9.17, 15) is 14.4 Å². The van der Waals surface area contributed by atoms with Crippen LogP contribution in [0.25, 0.3) is 0 Å². The van der Waals surface area contributed by atoms with Gasteiger partial charge in [-0.3, -0.25) is 9.59 Å². The maximum atomic E-state index is 13.7. The van der Waals surface area contributed by atoms with E-state index in [1.165, 1.54) is 0 Å². The van der Waals surface area contributed by atoms with Crippen LogP contribution < -0.4 is 5.32 Å². The van der Waals surface area contributed by atoms with Crippen molar-refractivity contribution in [3.63, 3.8) is 0 Å². The molecule has 1 aromatic rings. The second-order valence-corrected chi connectivity index (χ2v) is 7.76. The Morgan fingerprint density at radius 3 is 2.52 bits per heavy atom. The normalized spacial score (nSPS) is 25.7. The molecule has 3 rings (SSSR count). The van der Waals surface area contributed by atoms with Gasteiger partial charge in [-0.25, -0.2) is 4.79 Å². The second-order valence-electron chi connectivity index (χ2n) is 7.76. The standard InChI is InChI=1S/C23H31N3O5/c1-4-11-24-21(27)19-16(3)18(22(28)31-5-2)20(17-9-7-6-8-10-17)26(19)23(29)25-12-14-30-15-13-25/h4,6-10,16,18-20H,1,5,11-15H2,2-3H3,(H,24,27). The Labute approximate surface area is 183 Å². The van der Waals surface area contributed by atoms with E-state index in [1.54, 1.807) is 22.8 Å². The Morgan fingerprint density at radius 1 is 1.23 bits per heavy atom. The number of ether oxygens (including phenoxy) is 2. The molecule has 0 bridgehead atoms. The summed E-state index contributed by atoms with van der Waals surface area (Å²) in [6.45, 7) is 9.51. The molecule has 1 aromatic carbocycles. The predicted octanol–water partition coefficient (Wildman–Crippen LogP) is 1.98. The molecule has 2 saturated heterocycles. The van der Waals surface area contributed by atoms with Crippen LogP contribution in [0.5, 0.6) is 0 Å². The van der Waals surface area contributed by atoms with Gasteiger partial charge in [0.25, 0.3) is 0 Å². The van der Waals surface area contributed by atoms with E-state index in [4.69, 9.17) is 9.47 Å². The van der Waals surface area contributed by atoms with Crippen molar-refractivity contribution in [1.29, 1.82) is 0 Å². The molecule has 0 spiro atoms. The first-order valence-corrected chi connectivity index (χ1v) is 10.8. The fourth-order valence-electron chi connectivity index (χ4n) is 4.48. The number of carbonyl (C=O) groups is 3. The molecule has 0 saturated carbocycles. The lowest BCUT2D eigenvalue weighted by Crippen LogP contribution is -2.54. The van der Waals surface area contributed by atoms with E-state index >= 15 is 0 Å². The van der Waals surface area contributed by atoms with Gasteiger partial charge >= 0.3 is 12.0 Å². The molecular formula is C23H31N3O5. The van der Waals surface area contributed by atoms with E-state index in [0.717, 1.165) is 5.56 Å². The highest BCUT2D eigenvalue weighted by Gasteiger charge is 2.56. The summed E-state index contributed by atoms with van der Waals surface area (Å²) >= 11 is 0. The molecule has 0 aromatic heterocycles. The van der Waals surface area contributed by atoms with Gasteiger partial charge in [-0.1, -0.05) is 43.3 Å². The molecule has 2 aliphatic rings. The molecule has 31 heavy (non-hydrogen) atoms. The van der Waals surface area contributed by atoms with Gasteiger partial charge in [0.05, 0.1) is 31.8 Å². The second kappa shape index (κ2) is 10.4. The zero-order chi connectivity index (χ0) is 22.4. The lowest BCUT2D eigenvalue weighted by molar-refractivity contribution is -0.150. The minimum Gasteiger partial charge on any atom is -0.466 e. The first kappa shape index (κ1) is 22.8. The number of nitrogens with zero attached hydrogens (tertiary/aromatic N) is 2. The third-order valence-corrected chi connectivity index (χ3v) is 5.90. The lowest BCUT2D eigenvalue weighted by atomic mass is 9.85. The van der Waals surface area contributed by atoms with Gasteiger partial charge in [-0.05, 0) is 12.5 Å². The Hall–Kier alpha value is -2.87. The molecule has 4 unspecified atom stereocenters. The Bertz CT molecular complexity index is 794. The third kappa shape index (κ3) is 4.74. The van der Waals surface area contributed by atoms with Crippen LogP contribution in [0.1, 0.15) is 25.5 Å². The van der Waals surface area contributed by atoms with Crippen LogP contribution in [0, 0.1) is 11.8 Å². The lowest BCUT2D eigenvalue weighted by Gasteiger charge is -2.37. The fraction of sp³-hybridized carbons (Fsp3) is 0.522. The molecule has 0 aliphatic carbocycles. The highest BCUT2D eigenvalue weighted by molar-refractivity contribution is 5.91. The van der Waals surface area contributed by atoms with Crippen LogP contribution >= 0.6 is 0 Å². The number of hydrogen-bond acceptors (Lipinski definition) is 5. The van der Waals surface area contributed by atoms with E-state index < -0.39 is 29.9 Å². The van der Waals surface area contributed by atoms with Gasteiger partial charge in [0, 0.05) is 25.6 Å². The van der Waals surface area contributed by atoms with E-state index in [0.29, 0.717) is 26.3 Å². The number of morpholine rings is 1. The molecule has 2 aliphatic heterocycles. The van der Waals surface area contributed by atoms with Gasteiger partial charge in [0.15, 0.2) is 0 Å². The number of esters is 1. The van der Waals surface area contributed by atoms with Crippen LogP contribution in [0.3, 0.4) is 0 Å². The van der Waals surface area contributed by atoms with Gasteiger partial charge < -0.3 is 24.6 Å². The topological polar surface area (TPSA) is 88.2 Å². The molecule has 2 heterocycles. The number of carbonyl (C=O) groups excluding carboxylic acids is 3. The summed E-state index contributed by atoms with van der Waals surface area (Å²) in [5.41, 5.74) is 0.799. The highest BCUT2D eigenvalue weighted by atomic mass is 16.5. The summed E-state index contributed by atoms with van der Waals surface area (Å²) in [6, 6.07) is 7.69. The molecular weight excluding hydrogens is 398 g/mol. The molecule has 1 N–H and O–H groups in total. The van der Waals surface area contributed by atoms with Crippen molar-refractivity contribution < 1.29 is 23.9 Å². The molecule has 3 amide bonds. The first-order valence-electron chi connectivity index (χ1n) is 10.8. The number of amides is 3. The van der Waals surface area contributed by atoms with Crippen molar-refractivity contribution >= 4 is 17.9 Å². The Kier molecular flexibility index (Phi) is 7.68. The number of benzene rings is 1. The number of urea groups is 1. The van der Waals surface area contributed by atoms with Crippen LogP contribution in [0.4, 0.5) is 4.79 Å². The van der Waals surface area contributed by atoms with E-state index in [2.05, 4.69) is 11.9 Å². The fourth-order valence-corrected chi connectivity index (χ4v) is 4.48. The summed E-state index contributed by atoms with van der Waals surface area (Å²) in [5, 5.41) is 2.81. The van der Waals surface area contributed by atoms with Crippen LogP contribution in [-0.4, -0.2) is 73.2 Å².